The molecular weight excluding hydrogens is 230 g/mol. The maximum absolute atomic E-state index is 11.8. The molecule has 18 heavy (non-hydrogen) atoms. The lowest BCUT2D eigenvalue weighted by Crippen LogP contribution is -2.51. The minimum atomic E-state index is -0.347. The van der Waals surface area contributed by atoms with E-state index in [4.69, 9.17) is 4.74 Å². The lowest BCUT2D eigenvalue weighted by atomic mass is 9.98. The van der Waals surface area contributed by atoms with Crippen molar-refractivity contribution in [1.29, 1.82) is 0 Å². The van der Waals surface area contributed by atoms with Gasteiger partial charge in [-0.25, -0.2) is 4.79 Å². The molecule has 0 saturated heterocycles. The van der Waals surface area contributed by atoms with Crippen molar-refractivity contribution in [2.75, 3.05) is 13.7 Å². The quantitative estimate of drug-likeness (QED) is 0.820. The molecule has 0 aliphatic rings. The van der Waals surface area contributed by atoms with Crippen molar-refractivity contribution in [3.63, 3.8) is 0 Å². The minimum Gasteiger partial charge on any atom is -0.377 e. The van der Waals surface area contributed by atoms with Gasteiger partial charge in [-0.2, -0.15) is 4.98 Å². The maximum Gasteiger partial charge on any atom is 0.347 e. The predicted octanol–water partition coefficient (Wildman–Crippen LogP) is 0.955. The fraction of sp³-hybridized carbons (Fsp3) is 0.692. The van der Waals surface area contributed by atoms with Crippen LogP contribution in [0.2, 0.25) is 0 Å². The minimum absolute atomic E-state index is 0.0507. The van der Waals surface area contributed by atoms with Gasteiger partial charge in [0.15, 0.2) is 0 Å². The van der Waals surface area contributed by atoms with Crippen molar-refractivity contribution in [1.82, 2.24) is 14.9 Å². The van der Waals surface area contributed by atoms with Crippen LogP contribution in [0.25, 0.3) is 0 Å². The van der Waals surface area contributed by atoms with E-state index in [9.17, 15) is 4.79 Å². The molecule has 0 saturated carbocycles. The third kappa shape index (κ3) is 3.65. The molecule has 1 atom stereocenters. The van der Waals surface area contributed by atoms with Gasteiger partial charge >= 0.3 is 5.69 Å². The van der Waals surface area contributed by atoms with Crippen molar-refractivity contribution in [3.05, 3.63) is 28.4 Å². The summed E-state index contributed by atoms with van der Waals surface area (Å²) in [7, 11) is 1.68. The highest BCUT2D eigenvalue weighted by molar-refractivity contribution is 4.97. The summed E-state index contributed by atoms with van der Waals surface area (Å²) in [5, 5.41) is 3.35. The molecular formula is C13H23N3O2. The van der Waals surface area contributed by atoms with Crippen LogP contribution in [0.1, 0.15) is 26.5 Å². The number of hydrogen-bond donors (Lipinski definition) is 1. The van der Waals surface area contributed by atoms with Crippen molar-refractivity contribution >= 4 is 0 Å². The number of aromatic nitrogens is 2. The molecule has 0 aliphatic carbocycles. The molecule has 1 heterocycles. The highest BCUT2D eigenvalue weighted by Crippen LogP contribution is 2.15. The van der Waals surface area contributed by atoms with E-state index >= 15 is 0 Å². The Morgan fingerprint density at radius 1 is 1.56 bits per heavy atom. The summed E-state index contributed by atoms with van der Waals surface area (Å²) < 4.78 is 7.10. The van der Waals surface area contributed by atoms with Gasteiger partial charge in [-0.05, 0) is 33.4 Å². The molecule has 0 fully saturated rings. The monoisotopic (exact) mass is 253 g/mol. The van der Waals surface area contributed by atoms with Crippen molar-refractivity contribution in [2.45, 2.75) is 45.9 Å². The zero-order valence-electron chi connectivity index (χ0n) is 11.9. The van der Waals surface area contributed by atoms with Crippen LogP contribution in [0.5, 0.6) is 0 Å². The lowest BCUT2D eigenvalue weighted by molar-refractivity contribution is -0.0148. The second-order valence-electron chi connectivity index (χ2n) is 4.92. The van der Waals surface area contributed by atoms with E-state index in [0.29, 0.717) is 6.54 Å². The number of likely N-dealkylation sites (N-methyl/N-ethyl adjacent to an activating group) is 1. The van der Waals surface area contributed by atoms with E-state index < -0.39 is 0 Å². The molecule has 102 valence electrons. The Labute approximate surface area is 108 Å². The molecule has 0 bridgehead atoms. The first-order valence-corrected chi connectivity index (χ1v) is 6.23. The van der Waals surface area contributed by atoms with E-state index in [1.807, 2.05) is 33.8 Å². The van der Waals surface area contributed by atoms with Crippen LogP contribution in [0.3, 0.4) is 0 Å². The van der Waals surface area contributed by atoms with Gasteiger partial charge < -0.3 is 10.1 Å². The zero-order chi connectivity index (χ0) is 13.8. The number of methoxy groups -OCH3 is 1. The Morgan fingerprint density at radius 3 is 2.72 bits per heavy atom. The predicted molar refractivity (Wildman–Crippen MR) is 71.8 cm³/mol. The Kier molecular flexibility index (Phi) is 5.04. The molecule has 1 aromatic rings. The number of hydrogen-bond acceptors (Lipinski definition) is 4. The summed E-state index contributed by atoms with van der Waals surface area (Å²) in [6.07, 6.45) is 1.78. The van der Waals surface area contributed by atoms with Gasteiger partial charge in [-0.15, -0.1) is 0 Å². The summed E-state index contributed by atoms with van der Waals surface area (Å²) in [6.45, 7) is 9.23. The van der Waals surface area contributed by atoms with E-state index in [1.54, 1.807) is 17.9 Å². The van der Waals surface area contributed by atoms with Gasteiger partial charge in [-0.1, -0.05) is 6.92 Å². The molecule has 0 aromatic carbocycles. The molecule has 0 aliphatic heterocycles. The first-order valence-electron chi connectivity index (χ1n) is 6.23. The highest BCUT2D eigenvalue weighted by atomic mass is 16.5. The average molecular weight is 253 g/mol. The molecule has 0 spiro atoms. The first-order chi connectivity index (χ1) is 8.40. The number of rotatable bonds is 6. The molecule has 5 heteroatoms. The number of nitrogens with zero attached hydrogens (tertiary/aromatic N) is 2. The Hall–Kier alpha value is -1.20. The third-order valence-corrected chi connectivity index (χ3v) is 3.21. The Balaban J connectivity index is 2.93. The van der Waals surface area contributed by atoms with Gasteiger partial charge in [-0.3, -0.25) is 4.57 Å². The van der Waals surface area contributed by atoms with Gasteiger partial charge in [0.25, 0.3) is 0 Å². The van der Waals surface area contributed by atoms with Crippen LogP contribution in [-0.2, 0) is 11.3 Å². The second-order valence-corrected chi connectivity index (χ2v) is 4.92. The summed E-state index contributed by atoms with van der Waals surface area (Å²) in [4.78, 5) is 15.7. The summed E-state index contributed by atoms with van der Waals surface area (Å²) in [5.41, 5.74) is 0.174. The lowest BCUT2D eigenvalue weighted by Gasteiger charge is -2.34. The van der Waals surface area contributed by atoms with Crippen molar-refractivity contribution in [3.8, 4) is 0 Å². The van der Waals surface area contributed by atoms with Crippen molar-refractivity contribution in [2.24, 2.45) is 0 Å². The first kappa shape index (κ1) is 14.9. The fourth-order valence-electron chi connectivity index (χ4n) is 1.77. The van der Waals surface area contributed by atoms with E-state index in [1.165, 1.54) is 0 Å². The molecule has 5 nitrogen and oxygen atoms in total. The molecule has 0 amide bonds. The summed E-state index contributed by atoms with van der Waals surface area (Å²) in [5.74, 6) is 0. The van der Waals surface area contributed by atoms with E-state index in [0.717, 1.165) is 12.2 Å². The maximum atomic E-state index is 11.8. The number of nitrogens with one attached hydrogen (secondary N) is 1. The largest absolute Gasteiger partial charge is 0.377 e. The van der Waals surface area contributed by atoms with Crippen LogP contribution in [0.4, 0.5) is 0 Å². The molecule has 0 radical (unpaired) electrons. The molecule has 1 unspecified atom stereocenters. The number of ether oxygens (including phenoxy) is 1. The zero-order valence-corrected chi connectivity index (χ0v) is 11.9. The van der Waals surface area contributed by atoms with Crippen LogP contribution in [0.15, 0.2) is 17.1 Å². The van der Waals surface area contributed by atoms with Gasteiger partial charge in [0.2, 0.25) is 0 Å². The van der Waals surface area contributed by atoms with Crippen molar-refractivity contribution < 1.29 is 4.74 Å². The summed E-state index contributed by atoms with van der Waals surface area (Å²) >= 11 is 0. The Morgan fingerprint density at radius 2 is 2.22 bits per heavy atom. The fourth-order valence-corrected chi connectivity index (χ4v) is 1.77. The van der Waals surface area contributed by atoms with Crippen LogP contribution < -0.4 is 11.0 Å². The van der Waals surface area contributed by atoms with Gasteiger partial charge in [0.1, 0.15) is 0 Å². The van der Waals surface area contributed by atoms with E-state index in [2.05, 4.69) is 10.3 Å². The van der Waals surface area contributed by atoms with Crippen LogP contribution >= 0.6 is 0 Å². The smallest absolute Gasteiger partial charge is 0.347 e. The SMILES string of the molecule is CCNC(Cn1ccc(C)nc1=O)C(C)(C)OC. The highest BCUT2D eigenvalue weighted by Gasteiger charge is 2.29. The average Bonchev–Trinajstić information content (AvgIpc) is 2.31. The topological polar surface area (TPSA) is 56.2 Å². The molecule has 1 aromatic heterocycles. The Bertz CT molecular complexity index is 440. The second kappa shape index (κ2) is 6.11. The normalized spacial score (nSPS) is 13.6. The summed E-state index contributed by atoms with van der Waals surface area (Å²) in [6, 6.07) is 1.89. The number of aryl methyl sites for hydroxylation is 1. The molecule has 1 N–H and O–H groups in total. The molecule has 1 rings (SSSR count). The van der Waals surface area contributed by atoms with Crippen LogP contribution in [-0.4, -0.2) is 34.8 Å². The van der Waals surface area contributed by atoms with Gasteiger partial charge in [0, 0.05) is 25.5 Å². The standard InChI is InChI=1S/C13H23N3O2/c1-6-14-11(13(3,4)18-5)9-16-8-7-10(2)15-12(16)17/h7-8,11,14H,6,9H2,1-5H3. The van der Waals surface area contributed by atoms with Gasteiger partial charge in [0.05, 0.1) is 11.6 Å². The van der Waals surface area contributed by atoms with Crippen LogP contribution in [0, 0.1) is 6.92 Å². The van der Waals surface area contributed by atoms with E-state index in [-0.39, 0.29) is 17.3 Å². The third-order valence-electron chi connectivity index (χ3n) is 3.21.